The summed E-state index contributed by atoms with van der Waals surface area (Å²) in [4.78, 5) is 0. The van der Waals surface area contributed by atoms with E-state index in [0.717, 1.165) is 50.6 Å². The minimum atomic E-state index is -0.897. The van der Waals surface area contributed by atoms with Gasteiger partial charge in [-0.1, -0.05) is 30.7 Å². The number of hydrogen-bond acceptors (Lipinski definition) is 2. The zero-order valence-electron chi connectivity index (χ0n) is 15.8. The summed E-state index contributed by atoms with van der Waals surface area (Å²) in [5.74, 6) is -0.718. The van der Waals surface area contributed by atoms with E-state index in [1.165, 1.54) is 6.42 Å². The molecule has 1 fully saturated rings. The van der Waals surface area contributed by atoms with Gasteiger partial charge in [-0.25, -0.2) is 4.39 Å². The van der Waals surface area contributed by atoms with E-state index in [9.17, 15) is 8.78 Å². The molecule has 0 aliphatic heterocycles. The number of ether oxygens (including phenoxy) is 1. The summed E-state index contributed by atoms with van der Waals surface area (Å²) in [5, 5.41) is 0. The maximum Gasteiger partial charge on any atom is 0.200 e. The van der Waals surface area contributed by atoms with Gasteiger partial charge in [0, 0.05) is 12.8 Å². The lowest BCUT2D eigenvalue weighted by Gasteiger charge is -2.28. The second-order valence-electron chi connectivity index (χ2n) is 6.92. The Morgan fingerprint density at radius 2 is 1.81 bits per heavy atom. The molecular weight excluding hydrogens is 377 g/mol. The third kappa shape index (κ3) is 6.32. The van der Waals surface area contributed by atoms with Crippen LogP contribution < -0.4 is 4.74 Å². The number of benzene rings is 1. The Morgan fingerprint density at radius 3 is 2.46 bits per heavy atom. The average Bonchev–Trinajstić information content (AvgIpc) is 2.65. The van der Waals surface area contributed by atoms with Gasteiger partial charge in [0.15, 0.2) is 11.6 Å². The smallest absolute Gasteiger partial charge is 0.200 e. The molecule has 2 nitrogen and oxygen atoms in total. The number of unbranched alkanes of at least 4 members (excludes halogenated alkanes) is 1. The first kappa shape index (κ1) is 21.9. The van der Waals surface area contributed by atoms with Crippen LogP contribution in [0.5, 0.6) is 5.75 Å². The fraction of sp³-hybridized carbons (Fsp3) is 0.700. The van der Waals surface area contributed by atoms with Crippen LogP contribution in [0.15, 0.2) is 12.1 Å². The van der Waals surface area contributed by atoms with Gasteiger partial charge in [-0.05, 0) is 68.9 Å². The Hall–Kier alpha value is -0.440. The SMILES string of the molecule is CCOP(Cl)CCCCOc1ccc(C2CCC(CC)CC2)c(F)c1F. The largest absolute Gasteiger partial charge is 0.490 e. The van der Waals surface area contributed by atoms with Crippen LogP contribution in [0.4, 0.5) is 8.78 Å². The maximum atomic E-state index is 14.5. The molecule has 0 radical (unpaired) electrons. The highest BCUT2D eigenvalue weighted by Gasteiger charge is 2.26. The standard InChI is InChI=1S/C20H30ClF2O2P/c1-3-15-7-9-16(10-8-15)17-11-12-18(20(23)19(17)22)24-13-5-6-14-26(21)25-4-2/h11-12,15-16H,3-10,13-14H2,1-2H3. The van der Waals surface area contributed by atoms with E-state index in [1.54, 1.807) is 12.1 Å². The highest BCUT2D eigenvalue weighted by Crippen LogP contribution is 2.43. The Balaban J connectivity index is 1.83. The van der Waals surface area contributed by atoms with Gasteiger partial charge in [-0.3, -0.25) is 0 Å². The molecule has 1 saturated carbocycles. The van der Waals surface area contributed by atoms with E-state index in [4.69, 9.17) is 20.5 Å². The third-order valence-corrected chi connectivity index (χ3v) is 7.20. The Bertz CT molecular complexity index is 551. The van der Waals surface area contributed by atoms with E-state index in [1.807, 2.05) is 6.92 Å². The first-order valence-electron chi connectivity index (χ1n) is 9.73. The van der Waals surface area contributed by atoms with Crippen molar-refractivity contribution in [3.63, 3.8) is 0 Å². The molecule has 1 aromatic rings. The fourth-order valence-corrected chi connectivity index (χ4v) is 5.11. The van der Waals surface area contributed by atoms with Crippen LogP contribution in [-0.2, 0) is 4.52 Å². The van der Waals surface area contributed by atoms with Gasteiger partial charge in [0.05, 0.1) is 6.61 Å². The quantitative estimate of drug-likeness (QED) is 0.298. The molecule has 0 aromatic heterocycles. The second kappa shape index (κ2) is 11.4. The van der Waals surface area contributed by atoms with Crippen molar-refractivity contribution >= 4 is 18.7 Å². The molecule has 0 bridgehead atoms. The van der Waals surface area contributed by atoms with E-state index in [-0.39, 0.29) is 11.7 Å². The molecule has 0 heterocycles. The van der Waals surface area contributed by atoms with Gasteiger partial charge in [-0.2, -0.15) is 4.39 Å². The first-order valence-corrected chi connectivity index (χ1v) is 12.1. The van der Waals surface area contributed by atoms with Gasteiger partial charge >= 0.3 is 0 Å². The van der Waals surface area contributed by atoms with Crippen LogP contribution in [0.25, 0.3) is 0 Å². The van der Waals surface area contributed by atoms with Crippen LogP contribution in [-0.4, -0.2) is 19.4 Å². The zero-order chi connectivity index (χ0) is 18.9. The van der Waals surface area contributed by atoms with Gasteiger partial charge in [0.2, 0.25) is 5.82 Å². The summed E-state index contributed by atoms with van der Waals surface area (Å²) in [7, 11) is -0.897. The fourth-order valence-electron chi connectivity index (χ4n) is 3.58. The molecule has 0 N–H and O–H groups in total. The number of halogens is 3. The van der Waals surface area contributed by atoms with Crippen molar-refractivity contribution in [1.29, 1.82) is 0 Å². The van der Waals surface area contributed by atoms with Crippen molar-refractivity contribution in [2.24, 2.45) is 5.92 Å². The lowest BCUT2D eigenvalue weighted by Crippen LogP contribution is -2.14. The molecule has 2 rings (SSSR count). The molecule has 1 aliphatic carbocycles. The molecule has 6 heteroatoms. The summed E-state index contributed by atoms with van der Waals surface area (Å²) in [5.41, 5.74) is 0.508. The molecule has 26 heavy (non-hydrogen) atoms. The first-order chi connectivity index (χ1) is 12.6. The van der Waals surface area contributed by atoms with E-state index in [2.05, 4.69) is 6.92 Å². The number of rotatable bonds is 10. The minimum absolute atomic E-state index is 0.00596. The van der Waals surface area contributed by atoms with Crippen molar-refractivity contribution < 1.29 is 18.0 Å². The lowest BCUT2D eigenvalue weighted by atomic mass is 9.77. The van der Waals surface area contributed by atoms with Gasteiger partial charge in [0.1, 0.15) is 7.50 Å². The van der Waals surface area contributed by atoms with E-state index < -0.39 is 19.1 Å². The molecule has 1 atom stereocenters. The molecular formula is C20H30ClF2O2P. The molecule has 1 aromatic carbocycles. The van der Waals surface area contributed by atoms with Crippen LogP contribution in [0.3, 0.4) is 0 Å². The Labute approximate surface area is 162 Å². The summed E-state index contributed by atoms with van der Waals surface area (Å²) < 4.78 is 39.6. The van der Waals surface area contributed by atoms with Crippen molar-refractivity contribution in [3.8, 4) is 5.75 Å². The monoisotopic (exact) mass is 406 g/mol. The predicted molar refractivity (Wildman–Crippen MR) is 105 cm³/mol. The second-order valence-corrected chi connectivity index (χ2v) is 9.39. The van der Waals surface area contributed by atoms with Crippen LogP contribution >= 0.6 is 18.7 Å². The molecule has 0 saturated heterocycles. The maximum absolute atomic E-state index is 14.5. The molecule has 1 aliphatic rings. The predicted octanol–water partition coefficient (Wildman–Crippen LogP) is 7.39. The van der Waals surface area contributed by atoms with Crippen LogP contribution in [0, 0.1) is 17.6 Å². The third-order valence-electron chi connectivity index (χ3n) is 5.20. The van der Waals surface area contributed by atoms with Crippen molar-refractivity contribution in [3.05, 3.63) is 29.3 Å². The van der Waals surface area contributed by atoms with Crippen molar-refractivity contribution in [2.45, 2.75) is 64.7 Å². The lowest BCUT2D eigenvalue weighted by molar-refractivity contribution is 0.284. The molecule has 1 unspecified atom stereocenters. The molecule has 0 amide bonds. The Morgan fingerprint density at radius 1 is 1.08 bits per heavy atom. The normalized spacial score (nSPS) is 21.6. The zero-order valence-corrected chi connectivity index (χ0v) is 17.4. The summed E-state index contributed by atoms with van der Waals surface area (Å²) >= 11 is 6.02. The highest BCUT2D eigenvalue weighted by molar-refractivity contribution is 7.80. The van der Waals surface area contributed by atoms with Crippen molar-refractivity contribution in [1.82, 2.24) is 0 Å². The summed E-state index contributed by atoms with van der Waals surface area (Å²) in [6.07, 6.45) is 7.63. The van der Waals surface area contributed by atoms with Crippen molar-refractivity contribution in [2.75, 3.05) is 19.4 Å². The van der Waals surface area contributed by atoms with E-state index in [0.29, 0.717) is 18.8 Å². The van der Waals surface area contributed by atoms with Gasteiger partial charge in [0.25, 0.3) is 0 Å². The van der Waals surface area contributed by atoms with Crippen LogP contribution in [0.1, 0.15) is 70.3 Å². The average molecular weight is 407 g/mol. The summed E-state index contributed by atoms with van der Waals surface area (Å²) in [6, 6.07) is 3.28. The minimum Gasteiger partial charge on any atom is -0.490 e. The Kier molecular flexibility index (Phi) is 9.59. The highest BCUT2D eigenvalue weighted by atomic mass is 35.7. The van der Waals surface area contributed by atoms with Gasteiger partial charge in [-0.15, -0.1) is 0 Å². The summed E-state index contributed by atoms with van der Waals surface area (Å²) in [6.45, 7) is 5.08. The van der Waals surface area contributed by atoms with Gasteiger partial charge < -0.3 is 9.26 Å². The molecule has 148 valence electrons. The van der Waals surface area contributed by atoms with E-state index >= 15 is 0 Å². The van der Waals surface area contributed by atoms with Crippen LogP contribution in [0.2, 0.25) is 0 Å². The topological polar surface area (TPSA) is 18.5 Å². The number of hydrogen-bond donors (Lipinski definition) is 0. The molecule has 0 spiro atoms.